The molecule has 32 heavy (non-hydrogen) atoms. The summed E-state index contributed by atoms with van der Waals surface area (Å²) in [4.78, 5) is 41.3. The number of nitrogens with zero attached hydrogens (tertiary/aromatic N) is 4. The molecule has 2 aromatic carbocycles. The van der Waals surface area contributed by atoms with Crippen LogP contribution in [0.1, 0.15) is 24.8 Å². The maximum atomic E-state index is 13.0. The lowest BCUT2D eigenvalue weighted by Crippen LogP contribution is -2.45. The number of hydrogen-bond acceptors (Lipinski definition) is 6. The third kappa shape index (κ3) is 4.51. The Morgan fingerprint density at radius 3 is 2.62 bits per heavy atom. The van der Waals surface area contributed by atoms with Crippen molar-refractivity contribution in [3.05, 3.63) is 58.1 Å². The maximum absolute atomic E-state index is 13.0. The number of benzene rings is 2. The summed E-state index contributed by atoms with van der Waals surface area (Å²) in [7, 11) is 1.70. The molecule has 0 radical (unpaired) electrons. The molecule has 0 saturated carbocycles. The minimum absolute atomic E-state index is 0.164. The highest BCUT2D eigenvalue weighted by molar-refractivity contribution is 6.02. The number of rotatable bonds is 6. The van der Waals surface area contributed by atoms with Crippen molar-refractivity contribution in [2.24, 2.45) is 0 Å². The number of non-ortho nitro benzene ring substituents is 1. The van der Waals surface area contributed by atoms with Gasteiger partial charge in [0, 0.05) is 44.5 Å². The Morgan fingerprint density at radius 1 is 1.12 bits per heavy atom. The fraction of sp³-hybridized carbons (Fsp3) is 0.391. The summed E-state index contributed by atoms with van der Waals surface area (Å²) in [5, 5.41) is 11.2. The van der Waals surface area contributed by atoms with E-state index in [0.717, 1.165) is 37.2 Å². The van der Waals surface area contributed by atoms with E-state index in [-0.39, 0.29) is 30.4 Å². The van der Waals surface area contributed by atoms with Crippen LogP contribution in [0.25, 0.3) is 0 Å². The second-order valence-corrected chi connectivity index (χ2v) is 8.10. The molecule has 0 spiro atoms. The molecule has 9 heteroatoms. The standard InChI is InChI=1S/C23H26N4O5/c1-24(14-17-7-3-4-8-19(17)25-11-5-2-6-12-25)22(28)15-26-20-13-18(27(30)31)9-10-21(20)32-16-23(26)29/h3-4,7-10,13H,2,5-6,11-12,14-16H2,1H3. The van der Waals surface area contributed by atoms with Gasteiger partial charge >= 0.3 is 0 Å². The summed E-state index contributed by atoms with van der Waals surface area (Å²) < 4.78 is 5.38. The number of likely N-dealkylation sites (N-methyl/N-ethyl adjacent to an activating group) is 1. The Hall–Kier alpha value is -3.62. The van der Waals surface area contributed by atoms with Crippen LogP contribution in [-0.4, -0.2) is 54.9 Å². The van der Waals surface area contributed by atoms with E-state index in [2.05, 4.69) is 11.0 Å². The molecule has 2 heterocycles. The monoisotopic (exact) mass is 438 g/mol. The van der Waals surface area contributed by atoms with Crippen molar-refractivity contribution in [1.29, 1.82) is 0 Å². The molecule has 0 bridgehead atoms. The molecular weight excluding hydrogens is 412 g/mol. The van der Waals surface area contributed by atoms with Crippen LogP contribution in [0, 0.1) is 10.1 Å². The molecule has 0 unspecified atom stereocenters. The number of fused-ring (bicyclic) bond motifs is 1. The van der Waals surface area contributed by atoms with Gasteiger partial charge in [0.25, 0.3) is 11.6 Å². The molecule has 168 valence electrons. The van der Waals surface area contributed by atoms with Crippen LogP contribution in [0.15, 0.2) is 42.5 Å². The Kier molecular flexibility index (Phi) is 6.25. The topological polar surface area (TPSA) is 96.2 Å². The van der Waals surface area contributed by atoms with Gasteiger partial charge in [-0.3, -0.25) is 24.6 Å². The number of nitro groups is 1. The molecule has 0 N–H and O–H groups in total. The highest BCUT2D eigenvalue weighted by Crippen LogP contribution is 2.35. The zero-order valence-electron chi connectivity index (χ0n) is 18.0. The number of anilines is 2. The van der Waals surface area contributed by atoms with E-state index in [4.69, 9.17) is 4.74 Å². The van der Waals surface area contributed by atoms with Gasteiger partial charge in [-0.15, -0.1) is 0 Å². The summed E-state index contributed by atoms with van der Waals surface area (Å²) in [6.45, 7) is 2.00. The average molecular weight is 438 g/mol. The number of carbonyl (C=O) groups is 2. The summed E-state index contributed by atoms with van der Waals surface area (Å²) in [6, 6.07) is 12.1. The summed E-state index contributed by atoms with van der Waals surface area (Å²) in [6.07, 6.45) is 3.56. The smallest absolute Gasteiger partial charge is 0.271 e. The predicted molar refractivity (Wildman–Crippen MR) is 120 cm³/mol. The largest absolute Gasteiger partial charge is 0.482 e. The van der Waals surface area contributed by atoms with Crippen molar-refractivity contribution in [1.82, 2.24) is 4.90 Å². The molecule has 9 nitrogen and oxygen atoms in total. The first kappa shape index (κ1) is 21.6. The van der Waals surface area contributed by atoms with Crippen LogP contribution in [0.3, 0.4) is 0 Å². The van der Waals surface area contributed by atoms with Crippen LogP contribution in [0.5, 0.6) is 5.75 Å². The van der Waals surface area contributed by atoms with Gasteiger partial charge in [0.05, 0.1) is 10.6 Å². The summed E-state index contributed by atoms with van der Waals surface area (Å²) in [5.74, 6) is -0.319. The van der Waals surface area contributed by atoms with Gasteiger partial charge in [-0.25, -0.2) is 0 Å². The van der Waals surface area contributed by atoms with Gasteiger partial charge in [0.1, 0.15) is 12.3 Å². The van der Waals surface area contributed by atoms with Crippen molar-refractivity contribution in [2.75, 3.05) is 43.1 Å². The molecular formula is C23H26N4O5. The Morgan fingerprint density at radius 2 is 1.88 bits per heavy atom. The molecule has 1 saturated heterocycles. The lowest BCUT2D eigenvalue weighted by Gasteiger charge is -2.32. The van der Waals surface area contributed by atoms with E-state index < -0.39 is 10.8 Å². The molecule has 2 amide bonds. The van der Waals surface area contributed by atoms with E-state index in [1.54, 1.807) is 11.9 Å². The van der Waals surface area contributed by atoms with E-state index in [1.165, 1.54) is 29.5 Å². The van der Waals surface area contributed by atoms with E-state index in [9.17, 15) is 19.7 Å². The molecule has 4 rings (SSSR count). The Balaban J connectivity index is 1.50. The quantitative estimate of drug-likeness (QED) is 0.508. The zero-order valence-corrected chi connectivity index (χ0v) is 18.0. The predicted octanol–water partition coefficient (Wildman–Crippen LogP) is 2.97. The first-order valence-corrected chi connectivity index (χ1v) is 10.7. The van der Waals surface area contributed by atoms with Crippen molar-refractivity contribution in [3.63, 3.8) is 0 Å². The van der Waals surface area contributed by atoms with Crippen LogP contribution in [0.4, 0.5) is 17.1 Å². The number of hydrogen-bond donors (Lipinski definition) is 0. The highest BCUT2D eigenvalue weighted by Gasteiger charge is 2.30. The third-order valence-electron chi connectivity index (χ3n) is 5.91. The minimum atomic E-state index is -0.539. The van der Waals surface area contributed by atoms with Gasteiger partial charge in [-0.05, 0) is 37.0 Å². The highest BCUT2D eigenvalue weighted by atomic mass is 16.6. The van der Waals surface area contributed by atoms with Gasteiger partial charge in [0.15, 0.2) is 6.61 Å². The number of piperidine rings is 1. The van der Waals surface area contributed by atoms with Crippen LogP contribution < -0.4 is 14.5 Å². The molecule has 2 aliphatic heterocycles. The molecule has 0 aliphatic carbocycles. The molecule has 0 aromatic heterocycles. The summed E-state index contributed by atoms with van der Waals surface area (Å²) in [5.41, 5.74) is 2.26. The number of para-hydroxylation sites is 1. The molecule has 2 aromatic rings. The molecule has 1 fully saturated rings. The third-order valence-corrected chi connectivity index (χ3v) is 5.91. The van der Waals surface area contributed by atoms with Gasteiger partial charge in [-0.1, -0.05) is 18.2 Å². The van der Waals surface area contributed by atoms with E-state index >= 15 is 0 Å². The fourth-order valence-electron chi connectivity index (χ4n) is 4.16. The van der Waals surface area contributed by atoms with Crippen LogP contribution >= 0.6 is 0 Å². The van der Waals surface area contributed by atoms with Crippen molar-refractivity contribution in [3.8, 4) is 5.75 Å². The fourth-order valence-corrected chi connectivity index (χ4v) is 4.16. The van der Waals surface area contributed by atoms with Gasteiger partial charge in [-0.2, -0.15) is 0 Å². The number of amides is 2. The first-order chi connectivity index (χ1) is 15.4. The van der Waals surface area contributed by atoms with Gasteiger partial charge < -0.3 is 14.5 Å². The maximum Gasteiger partial charge on any atom is 0.271 e. The van der Waals surface area contributed by atoms with Crippen LogP contribution in [0.2, 0.25) is 0 Å². The Bertz CT molecular complexity index is 1030. The SMILES string of the molecule is CN(Cc1ccccc1N1CCCCC1)C(=O)CN1C(=O)COc2ccc([N+](=O)[O-])cc21. The van der Waals surface area contributed by atoms with Gasteiger partial charge in [0.2, 0.25) is 5.91 Å². The van der Waals surface area contributed by atoms with E-state index in [1.807, 2.05) is 18.2 Å². The number of nitro benzene ring substituents is 1. The first-order valence-electron chi connectivity index (χ1n) is 10.7. The average Bonchev–Trinajstić information content (AvgIpc) is 2.81. The summed E-state index contributed by atoms with van der Waals surface area (Å²) >= 11 is 0. The lowest BCUT2D eigenvalue weighted by atomic mass is 10.1. The normalized spacial score (nSPS) is 15.7. The zero-order chi connectivity index (χ0) is 22.7. The van der Waals surface area contributed by atoms with E-state index in [0.29, 0.717) is 12.3 Å². The Labute approximate surface area is 186 Å². The van der Waals surface area contributed by atoms with Crippen molar-refractivity contribution < 1.29 is 19.2 Å². The number of carbonyl (C=O) groups excluding carboxylic acids is 2. The van der Waals surface area contributed by atoms with Crippen molar-refractivity contribution in [2.45, 2.75) is 25.8 Å². The van der Waals surface area contributed by atoms with Crippen LogP contribution in [-0.2, 0) is 16.1 Å². The lowest BCUT2D eigenvalue weighted by molar-refractivity contribution is -0.384. The molecule has 2 aliphatic rings. The molecule has 0 atom stereocenters. The second kappa shape index (κ2) is 9.25. The van der Waals surface area contributed by atoms with Crippen molar-refractivity contribution >= 4 is 28.9 Å². The minimum Gasteiger partial charge on any atom is -0.482 e. The second-order valence-electron chi connectivity index (χ2n) is 8.10. The number of ether oxygens (including phenoxy) is 1.